The maximum absolute atomic E-state index is 9.44. The van der Waals surface area contributed by atoms with Crippen molar-refractivity contribution in [3.8, 4) is 6.07 Å². The molecule has 1 aliphatic heterocycles. The lowest BCUT2D eigenvalue weighted by Gasteiger charge is -2.28. The van der Waals surface area contributed by atoms with Crippen molar-refractivity contribution in [2.75, 3.05) is 36.4 Å². The predicted octanol–water partition coefficient (Wildman–Crippen LogP) is 3.59. The molecule has 0 amide bonds. The van der Waals surface area contributed by atoms with Gasteiger partial charge in [0.1, 0.15) is 22.6 Å². The van der Waals surface area contributed by atoms with Gasteiger partial charge in [-0.05, 0) is 42.5 Å². The SMILES string of the molecule is N#Cc1sc2cnc(Nc3ccc(N4CCNCC4)nc3)cc2c1C1CC1. The summed E-state index contributed by atoms with van der Waals surface area (Å²) in [5.41, 5.74) is 2.14. The van der Waals surface area contributed by atoms with Gasteiger partial charge >= 0.3 is 0 Å². The van der Waals surface area contributed by atoms with Gasteiger partial charge in [0.15, 0.2) is 0 Å². The summed E-state index contributed by atoms with van der Waals surface area (Å²) < 4.78 is 1.09. The van der Waals surface area contributed by atoms with Gasteiger partial charge in [-0.1, -0.05) is 0 Å². The van der Waals surface area contributed by atoms with Gasteiger partial charge in [-0.25, -0.2) is 9.97 Å². The summed E-state index contributed by atoms with van der Waals surface area (Å²) in [6.07, 6.45) is 6.10. The maximum Gasteiger partial charge on any atom is 0.131 e. The van der Waals surface area contributed by atoms with Gasteiger partial charge in [-0.15, -0.1) is 11.3 Å². The van der Waals surface area contributed by atoms with Crippen molar-refractivity contribution in [1.82, 2.24) is 15.3 Å². The Labute approximate surface area is 161 Å². The van der Waals surface area contributed by atoms with Crippen LogP contribution in [-0.4, -0.2) is 36.1 Å². The molecule has 6 nitrogen and oxygen atoms in total. The van der Waals surface area contributed by atoms with Crippen molar-refractivity contribution in [1.29, 1.82) is 5.26 Å². The maximum atomic E-state index is 9.44. The van der Waals surface area contributed by atoms with E-state index < -0.39 is 0 Å². The van der Waals surface area contributed by atoms with Gasteiger partial charge < -0.3 is 15.5 Å². The van der Waals surface area contributed by atoms with E-state index in [1.54, 1.807) is 11.3 Å². The molecule has 136 valence electrons. The van der Waals surface area contributed by atoms with Crippen LogP contribution in [0.3, 0.4) is 0 Å². The van der Waals surface area contributed by atoms with Crippen LogP contribution in [0.2, 0.25) is 0 Å². The van der Waals surface area contributed by atoms with E-state index >= 15 is 0 Å². The average Bonchev–Trinajstić information content (AvgIpc) is 3.49. The standard InChI is InChI=1S/C20H20N6S/c21-10-16-20(13-1-2-13)15-9-18(23-12-17(15)27-16)25-14-3-4-19(24-11-14)26-7-5-22-6-8-26/h3-4,9,11-13,22H,1-2,5-8H2,(H,23,25). The fourth-order valence-electron chi connectivity index (χ4n) is 3.64. The second-order valence-corrected chi connectivity index (χ2v) is 8.12. The Kier molecular flexibility index (Phi) is 4.15. The number of nitrogens with one attached hydrogen (secondary N) is 2. The number of hydrogen-bond donors (Lipinski definition) is 2. The Morgan fingerprint density at radius 1 is 1.19 bits per heavy atom. The number of piperazine rings is 1. The zero-order chi connectivity index (χ0) is 18.2. The summed E-state index contributed by atoms with van der Waals surface area (Å²) in [7, 11) is 0. The number of anilines is 3. The third-order valence-electron chi connectivity index (χ3n) is 5.16. The molecule has 0 unspecified atom stereocenters. The lowest BCUT2D eigenvalue weighted by atomic mass is 10.1. The molecule has 2 N–H and O–H groups in total. The number of hydrogen-bond acceptors (Lipinski definition) is 7. The van der Waals surface area contributed by atoms with Crippen LogP contribution in [0.5, 0.6) is 0 Å². The molecule has 0 atom stereocenters. The first-order chi connectivity index (χ1) is 13.3. The highest BCUT2D eigenvalue weighted by atomic mass is 32.1. The van der Waals surface area contributed by atoms with Crippen LogP contribution in [-0.2, 0) is 0 Å². The average molecular weight is 376 g/mol. The molecule has 2 aliphatic rings. The topological polar surface area (TPSA) is 76.9 Å². The molecular weight excluding hydrogens is 356 g/mol. The van der Waals surface area contributed by atoms with Crippen molar-refractivity contribution in [3.05, 3.63) is 41.0 Å². The number of thiophene rings is 1. The van der Waals surface area contributed by atoms with Crippen LogP contribution in [0, 0.1) is 11.3 Å². The Hall–Kier alpha value is -2.69. The third-order valence-corrected chi connectivity index (χ3v) is 6.22. The minimum absolute atomic E-state index is 0.545. The smallest absolute Gasteiger partial charge is 0.131 e. The molecule has 0 bridgehead atoms. The molecule has 1 saturated heterocycles. The number of pyridine rings is 2. The van der Waals surface area contributed by atoms with E-state index in [0.717, 1.165) is 53.1 Å². The highest BCUT2D eigenvalue weighted by molar-refractivity contribution is 7.19. The lowest BCUT2D eigenvalue weighted by Crippen LogP contribution is -2.43. The van der Waals surface area contributed by atoms with Gasteiger partial charge in [-0.3, -0.25) is 0 Å². The second kappa shape index (κ2) is 6.80. The first-order valence-corrected chi connectivity index (χ1v) is 10.1. The van der Waals surface area contributed by atoms with Crippen molar-refractivity contribution < 1.29 is 0 Å². The van der Waals surface area contributed by atoms with E-state index in [2.05, 4.69) is 43.7 Å². The molecule has 1 aliphatic carbocycles. The van der Waals surface area contributed by atoms with Crippen LogP contribution < -0.4 is 15.5 Å². The Morgan fingerprint density at radius 2 is 2.04 bits per heavy atom. The van der Waals surface area contributed by atoms with E-state index in [-0.39, 0.29) is 0 Å². The van der Waals surface area contributed by atoms with Gasteiger partial charge in [0.2, 0.25) is 0 Å². The fraction of sp³-hybridized carbons (Fsp3) is 0.350. The largest absolute Gasteiger partial charge is 0.354 e. The van der Waals surface area contributed by atoms with Gasteiger partial charge in [0.25, 0.3) is 0 Å². The number of fused-ring (bicyclic) bond motifs is 1. The minimum Gasteiger partial charge on any atom is -0.354 e. The van der Waals surface area contributed by atoms with Crippen molar-refractivity contribution >= 4 is 38.7 Å². The second-order valence-electron chi connectivity index (χ2n) is 7.06. The molecule has 0 spiro atoms. The summed E-state index contributed by atoms with van der Waals surface area (Å²) in [4.78, 5) is 12.3. The molecule has 27 heavy (non-hydrogen) atoms. The monoisotopic (exact) mass is 376 g/mol. The first-order valence-electron chi connectivity index (χ1n) is 9.33. The number of nitrogens with zero attached hydrogens (tertiary/aromatic N) is 4. The highest BCUT2D eigenvalue weighted by Gasteiger charge is 2.30. The van der Waals surface area contributed by atoms with Crippen LogP contribution >= 0.6 is 11.3 Å². The first kappa shape index (κ1) is 16.5. The molecule has 7 heteroatoms. The number of aromatic nitrogens is 2. The van der Waals surface area contributed by atoms with Gasteiger partial charge in [-0.2, -0.15) is 5.26 Å². The molecule has 4 heterocycles. The minimum atomic E-state index is 0.545. The highest BCUT2D eigenvalue weighted by Crippen LogP contribution is 2.48. The molecular formula is C20H20N6S. The van der Waals surface area contributed by atoms with E-state index in [4.69, 9.17) is 0 Å². The predicted molar refractivity (Wildman–Crippen MR) is 109 cm³/mol. The Morgan fingerprint density at radius 3 is 2.74 bits per heavy atom. The molecule has 0 radical (unpaired) electrons. The summed E-state index contributed by atoms with van der Waals surface area (Å²) in [6, 6.07) is 8.54. The fourth-order valence-corrected chi connectivity index (χ4v) is 4.68. The molecule has 3 aromatic rings. The third kappa shape index (κ3) is 3.22. The molecule has 2 fully saturated rings. The van der Waals surface area contributed by atoms with Crippen LogP contribution in [0.25, 0.3) is 10.1 Å². The van der Waals surface area contributed by atoms with Gasteiger partial charge in [0.05, 0.1) is 16.6 Å². The molecule has 1 saturated carbocycles. The zero-order valence-electron chi connectivity index (χ0n) is 14.9. The Bertz CT molecular complexity index is 1010. The lowest BCUT2D eigenvalue weighted by molar-refractivity contribution is 0.585. The van der Waals surface area contributed by atoms with Crippen LogP contribution in [0.15, 0.2) is 30.6 Å². The summed E-state index contributed by atoms with van der Waals surface area (Å²) >= 11 is 1.55. The number of rotatable bonds is 4. The Balaban J connectivity index is 1.39. The van der Waals surface area contributed by atoms with Crippen LogP contribution in [0.4, 0.5) is 17.3 Å². The summed E-state index contributed by atoms with van der Waals surface area (Å²) in [6.45, 7) is 3.98. The van der Waals surface area contributed by atoms with Crippen molar-refractivity contribution in [2.24, 2.45) is 0 Å². The van der Waals surface area contributed by atoms with E-state index in [0.29, 0.717) is 5.92 Å². The van der Waals surface area contributed by atoms with E-state index in [1.807, 2.05) is 18.5 Å². The summed E-state index contributed by atoms with van der Waals surface area (Å²) in [5, 5.41) is 17.3. The zero-order valence-corrected chi connectivity index (χ0v) is 15.7. The molecule has 3 aromatic heterocycles. The van der Waals surface area contributed by atoms with Crippen molar-refractivity contribution in [2.45, 2.75) is 18.8 Å². The normalized spacial score (nSPS) is 17.1. The van der Waals surface area contributed by atoms with E-state index in [1.165, 1.54) is 23.8 Å². The van der Waals surface area contributed by atoms with E-state index in [9.17, 15) is 5.26 Å². The molecule has 5 rings (SSSR count). The summed E-state index contributed by atoms with van der Waals surface area (Å²) in [5.74, 6) is 2.35. The van der Waals surface area contributed by atoms with Crippen LogP contribution in [0.1, 0.15) is 29.2 Å². The quantitative estimate of drug-likeness (QED) is 0.725. The van der Waals surface area contributed by atoms with Gasteiger partial charge in [0, 0.05) is 37.8 Å². The van der Waals surface area contributed by atoms with Crippen molar-refractivity contribution in [3.63, 3.8) is 0 Å². The molecule has 0 aromatic carbocycles. The number of nitriles is 1.